The van der Waals surface area contributed by atoms with Crippen LogP contribution < -0.4 is 0 Å². The van der Waals surface area contributed by atoms with Crippen molar-refractivity contribution < 1.29 is 23.4 Å². The summed E-state index contributed by atoms with van der Waals surface area (Å²) < 4.78 is 22.0. The maximum Gasteiger partial charge on any atom is 0.336 e. The molecule has 0 atom stereocenters. The first-order valence-electron chi connectivity index (χ1n) is 6.92. The maximum absolute atomic E-state index is 11.7. The number of esters is 1. The number of ether oxygens (including phenoxy) is 3. The van der Waals surface area contributed by atoms with Gasteiger partial charge in [0.25, 0.3) is 0 Å². The molecule has 0 amide bonds. The van der Waals surface area contributed by atoms with E-state index < -0.39 is 14.1 Å². The fourth-order valence-corrected chi connectivity index (χ4v) is 2.99. The third-order valence-electron chi connectivity index (χ3n) is 3.04. The number of allylic oxidation sites excluding steroid dienone is 1. The molecule has 1 aliphatic heterocycles. The van der Waals surface area contributed by atoms with Gasteiger partial charge in [-0.15, -0.1) is 0 Å². The number of hydrogen-bond donors (Lipinski definition) is 0. The summed E-state index contributed by atoms with van der Waals surface area (Å²) in [6.07, 6.45) is 1.25. The van der Waals surface area contributed by atoms with Crippen molar-refractivity contribution >= 4 is 14.3 Å². The van der Waals surface area contributed by atoms with Gasteiger partial charge in [0, 0.05) is 12.8 Å². The molecule has 0 aliphatic carbocycles. The van der Waals surface area contributed by atoms with Crippen LogP contribution in [0.2, 0.25) is 19.6 Å². The van der Waals surface area contributed by atoms with Gasteiger partial charge >= 0.3 is 5.97 Å². The third kappa shape index (κ3) is 5.26. The summed E-state index contributed by atoms with van der Waals surface area (Å²) in [4.78, 5) is 11.7. The van der Waals surface area contributed by atoms with Crippen LogP contribution in [0.3, 0.4) is 0 Å². The molecular weight excluding hydrogens is 276 g/mol. The van der Waals surface area contributed by atoms with E-state index in [1.807, 2.05) is 6.92 Å². The van der Waals surface area contributed by atoms with Crippen molar-refractivity contribution in [3.8, 4) is 0 Å². The summed E-state index contributed by atoms with van der Waals surface area (Å²) in [6, 6.07) is 0. The molecule has 0 aromatic carbocycles. The highest BCUT2D eigenvalue weighted by Gasteiger charge is 2.32. The smallest absolute Gasteiger partial charge is 0.336 e. The van der Waals surface area contributed by atoms with Crippen molar-refractivity contribution in [2.75, 3.05) is 20.3 Å². The molecule has 1 rings (SSSR count). The molecule has 0 N–H and O–H groups in total. The zero-order valence-electron chi connectivity index (χ0n) is 13.4. The summed E-state index contributed by atoms with van der Waals surface area (Å²) in [5.74, 6) is -0.238. The first-order chi connectivity index (χ1) is 9.17. The summed E-state index contributed by atoms with van der Waals surface area (Å²) in [5, 5.41) is 0. The lowest BCUT2D eigenvalue weighted by Crippen LogP contribution is -2.29. The highest BCUT2D eigenvalue weighted by atomic mass is 28.4. The lowest BCUT2D eigenvalue weighted by Gasteiger charge is -2.27. The first kappa shape index (κ1) is 17.2. The highest BCUT2D eigenvalue weighted by molar-refractivity contribution is 6.70. The zero-order valence-corrected chi connectivity index (χ0v) is 14.4. The first-order valence-corrected chi connectivity index (χ1v) is 10.3. The van der Waals surface area contributed by atoms with Crippen molar-refractivity contribution in [1.82, 2.24) is 0 Å². The molecule has 5 nitrogen and oxygen atoms in total. The molecule has 1 heterocycles. The monoisotopic (exact) mass is 302 g/mol. The summed E-state index contributed by atoms with van der Waals surface area (Å²) in [6.45, 7) is 11.1. The van der Waals surface area contributed by atoms with E-state index in [4.69, 9.17) is 18.6 Å². The quantitative estimate of drug-likeness (QED) is 0.327. The van der Waals surface area contributed by atoms with Gasteiger partial charge in [-0.1, -0.05) is 0 Å². The molecule has 1 fully saturated rings. The Hall–Kier alpha value is -0.853. The molecule has 0 spiro atoms. The van der Waals surface area contributed by atoms with Gasteiger partial charge in [0.15, 0.2) is 5.79 Å². The van der Waals surface area contributed by atoms with Gasteiger partial charge in [-0.3, -0.25) is 0 Å². The van der Waals surface area contributed by atoms with Crippen LogP contribution in [0.25, 0.3) is 0 Å². The normalized spacial score (nSPS) is 19.5. The number of carbonyl (C=O) groups excluding carboxylic acids is 1. The van der Waals surface area contributed by atoms with Crippen LogP contribution in [0.5, 0.6) is 0 Å². The average Bonchev–Trinajstić information content (AvgIpc) is 2.78. The zero-order chi connectivity index (χ0) is 15.4. The lowest BCUT2D eigenvalue weighted by molar-refractivity contribution is -0.147. The van der Waals surface area contributed by atoms with E-state index in [-0.39, 0.29) is 5.97 Å². The van der Waals surface area contributed by atoms with E-state index in [9.17, 15) is 4.79 Å². The van der Waals surface area contributed by atoms with E-state index in [0.717, 1.165) is 0 Å². The second-order valence-electron chi connectivity index (χ2n) is 6.08. The van der Waals surface area contributed by atoms with Crippen molar-refractivity contribution in [3.63, 3.8) is 0 Å². The summed E-state index contributed by atoms with van der Waals surface area (Å²) in [7, 11) is -0.413. The molecule has 0 aromatic rings. The van der Waals surface area contributed by atoms with Crippen LogP contribution in [0.4, 0.5) is 0 Å². The number of carbonyl (C=O) groups is 1. The summed E-state index contributed by atoms with van der Waals surface area (Å²) in [5.41, 5.74) is 0.525. The second kappa shape index (κ2) is 6.73. The third-order valence-corrected chi connectivity index (χ3v) is 3.90. The Labute approximate surface area is 122 Å². The molecular formula is C14H26O5Si. The average molecular weight is 302 g/mol. The number of rotatable bonds is 6. The molecule has 0 aromatic heterocycles. The fourth-order valence-electron chi connectivity index (χ4n) is 1.99. The van der Waals surface area contributed by atoms with Gasteiger partial charge in [-0.2, -0.15) is 0 Å². The SMILES string of the molecule is COC(=O)C(C)=C(CCC1(C)OCCO1)O[Si](C)(C)C. The lowest BCUT2D eigenvalue weighted by atomic mass is 10.1. The number of hydrogen-bond acceptors (Lipinski definition) is 5. The van der Waals surface area contributed by atoms with Crippen molar-refractivity contribution in [3.05, 3.63) is 11.3 Å². The Kier molecular flexibility index (Phi) is 5.79. The van der Waals surface area contributed by atoms with Crippen LogP contribution in [0.15, 0.2) is 11.3 Å². The standard InChI is InChI=1S/C14H26O5Si/c1-11(13(15)16-3)12(19-20(4,5)6)7-8-14(2)17-9-10-18-14/h7-10H2,1-6H3. The van der Waals surface area contributed by atoms with Crippen molar-refractivity contribution in [2.24, 2.45) is 0 Å². The van der Waals surface area contributed by atoms with Crippen LogP contribution in [-0.2, 0) is 23.4 Å². The largest absolute Gasteiger partial charge is 0.547 e. The molecule has 6 heteroatoms. The van der Waals surface area contributed by atoms with E-state index in [1.165, 1.54) is 7.11 Å². The minimum atomic E-state index is -1.79. The van der Waals surface area contributed by atoms with Crippen LogP contribution in [0, 0.1) is 0 Å². The molecule has 0 bridgehead atoms. The fraction of sp³-hybridized carbons (Fsp3) is 0.786. The van der Waals surface area contributed by atoms with Gasteiger partial charge < -0.3 is 18.6 Å². The Morgan fingerprint density at radius 3 is 2.25 bits per heavy atom. The van der Waals surface area contributed by atoms with E-state index in [2.05, 4.69) is 19.6 Å². The van der Waals surface area contributed by atoms with Gasteiger partial charge in [0.05, 0.1) is 31.7 Å². The molecule has 116 valence electrons. The second-order valence-corrected chi connectivity index (χ2v) is 10.5. The molecule has 0 radical (unpaired) electrons. The van der Waals surface area contributed by atoms with Gasteiger partial charge in [0.2, 0.25) is 8.32 Å². The Morgan fingerprint density at radius 1 is 1.25 bits per heavy atom. The van der Waals surface area contributed by atoms with Crippen molar-refractivity contribution in [2.45, 2.75) is 52.1 Å². The summed E-state index contributed by atoms with van der Waals surface area (Å²) >= 11 is 0. The van der Waals surface area contributed by atoms with Gasteiger partial charge in [-0.05, 0) is 33.5 Å². The van der Waals surface area contributed by atoms with E-state index in [0.29, 0.717) is 37.4 Å². The molecule has 0 unspecified atom stereocenters. The van der Waals surface area contributed by atoms with Crippen molar-refractivity contribution in [1.29, 1.82) is 0 Å². The highest BCUT2D eigenvalue weighted by Crippen LogP contribution is 2.28. The predicted molar refractivity (Wildman–Crippen MR) is 78.7 cm³/mol. The topological polar surface area (TPSA) is 54.0 Å². The van der Waals surface area contributed by atoms with Gasteiger partial charge in [-0.25, -0.2) is 4.79 Å². The Balaban J connectivity index is 2.80. The van der Waals surface area contributed by atoms with Gasteiger partial charge in [0.1, 0.15) is 0 Å². The van der Waals surface area contributed by atoms with E-state index in [1.54, 1.807) is 6.92 Å². The Bertz CT molecular complexity index is 378. The van der Waals surface area contributed by atoms with Crippen LogP contribution in [-0.4, -0.2) is 40.4 Å². The molecule has 1 saturated heterocycles. The molecule has 1 aliphatic rings. The minimum absolute atomic E-state index is 0.350. The molecule has 0 saturated carbocycles. The van der Waals surface area contributed by atoms with E-state index >= 15 is 0 Å². The van der Waals surface area contributed by atoms with Crippen LogP contribution in [0.1, 0.15) is 26.7 Å². The predicted octanol–water partition coefficient (Wildman–Crippen LogP) is 2.83. The minimum Gasteiger partial charge on any atom is -0.547 e. The number of methoxy groups -OCH3 is 1. The molecule has 20 heavy (non-hydrogen) atoms. The maximum atomic E-state index is 11.7. The van der Waals surface area contributed by atoms with Crippen LogP contribution >= 0.6 is 0 Å². The Morgan fingerprint density at radius 2 is 1.80 bits per heavy atom.